The van der Waals surface area contributed by atoms with Crippen LogP contribution >= 0.6 is 15.9 Å². The van der Waals surface area contributed by atoms with Crippen molar-refractivity contribution in [3.63, 3.8) is 0 Å². The Bertz CT molecular complexity index is 691. The summed E-state index contributed by atoms with van der Waals surface area (Å²) in [5, 5.41) is 6.22. The van der Waals surface area contributed by atoms with Gasteiger partial charge in [0.1, 0.15) is 12.8 Å². The zero-order valence-corrected chi connectivity index (χ0v) is 15.5. The van der Waals surface area contributed by atoms with Crippen LogP contribution in [0.1, 0.15) is 23.7 Å². The maximum atomic E-state index is 12.8. The number of carbonyl (C=O) groups is 2. The van der Waals surface area contributed by atoms with Gasteiger partial charge in [-0.25, -0.2) is 0 Å². The number of rotatable bonds is 9. The van der Waals surface area contributed by atoms with Gasteiger partial charge in [0.2, 0.25) is 5.91 Å². The normalized spacial score (nSPS) is 10.5. The minimum Gasteiger partial charge on any atom is -0.382 e. The van der Waals surface area contributed by atoms with Crippen molar-refractivity contribution in [2.24, 2.45) is 0 Å². The van der Waals surface area contributed by atoms with E-state index in [9.17, 15) is 9.59 Å². The molecule has 1 aromatic carbocycles. The second kappa shape index (κ2) is 9.95. The Morgan fingerprint density at radius 2 is 2.12 bits per heavy atom. The third-order valence-corrected chi connectivity index (χ3v) is 4.04. The lowest BCUT2D eigenvalue weighted by Gasteiger charge is -2.22. The number of anilines is 1. The lowest BCUT2D eigenvalue weighted by atomic mass is 10.2. The molecule has 0 atom stereocenters. The minimum atomic E-state index is -0.342. The van der Waals surface area contributed by atoms with Gasteiger partial charge >= 0.3 is 0 Å². The van der Waals surface area contributed by atoms with Crippen molar-refractivity contribution >= 4 is 33.6 Å². The van der Waals surface area contributed by atoms with Crippen LogP contribution in [0.15, 0.2) is 45.6 Å². The smallest absolute Gasteiger partial charge is 0.255 e. The summed E-state index contributed by atoms with van der Waals surface area (Å²) < 4.78 is 10.7. The highest BCUT2D eigenvalue weighted by molar-refractivity contribution is 9.10. The number of ether oxygens (including phenoxy) is 1. The van der Waals surface area contributed by atoms with Gasteiger partial charge in [-0.05, 0) is 41.4 Å². The predicted octanol–water partition coefficient (Wildman–Crippen LogP) is 2.94. The van der Waals surface area contributed by atoms with Crippen LogP contribution in [0.3, 0.4) is 0 Å². The molecular weight excluding hydrogens is 390 g/mol. The molecule has 2 aromatic rings. The van der Waals surface area contributed by atoms with Crippen molar-refractivity contribution in [1.82, 2.24) is 10.1 Å². The molecule has 2 rings (SSSR count). The summed E-state index contributed by atoms with van der Waals surface area (Å²) in [4.78, 5) is 26.5. The van der Waals surface area contributed by atoms with Gasteiger partial charge < -0.3 is 19.5 Å². The molecule has 0 saturated carbocycles. The SMILES string of the molecule is CCOCCCN(CC(=O)Nc1ccon1)C(=O)c1ccccc1Br. The first kappa shape index (κ1) is 19.1. The summed E-state index contributed by atoms with van der Waals surface area (Å²) >= 11 is 3.38. The number of nitrogens with zero attached hydrogens (tertiary/aromatic N) is 2. The maximum absolute atomic E-state index is 12.8. The molecule has 2 amide bonds. The molecule has 0 aliphatic carbocycles. The quantitative estimate of drug-likeness (QED) is 0.643. The summed E-state index contributed by atoms with van der Waals surface area (Å²) in [5.41, 5.74) is 0.508. The second-order valence-corrected chi connectivity index (χ2v) is 6.04. The van der Waals surface area contributed by atoms with Gasteiger partial charge in [-0.15, -0.1) is 0 Å². The standard InChI is InChI=1S/C17H20BrN3O4/c1-2-24-10-5-9-21(12-16(22)19-15-8-11-25-20-15)17(23)13-6-3-4-7-14(13)18/h3-4,6-8,11H,2,5,9-10,12H2,1H3,(H,19,20,22). The number of nitrogens with one attached hydrogen (secondary N) is 1. The molecule has 0 radical (unpaired) electrons. The van der Waals surface area contributed by atoms with Gasteiger partial charge in [0.15, 0.2) is 5.82 Å². The summed E-state index contributed by atoms with van der Waals surface area (Å²) in [7, 11) is 0. The molecule has 7 nitrogen and oxygen atoms in total. The first-order valence-electron chi connectivity index (χ1n) is 7.93. The van der Waals surface area contributed by atoms with Crippen molar-refractivity contribution in [2.45, 2.75) is 13.3 Å². The Morgan fingerprint density at radius 1 is 1.32 bits per heavy atom. The van der Waals surface area contributed by atoms with Gasteiger partial charge in [-0.1, -0.05) is 17.3 Å². The van der Waals surface area contributed by atoms with E-state index in [0.717, 1.165) is 0 Å². The zero-order chi connectivity index (χ0) is 18.1. The molecule has 1 N–H and O–H groups in total. The lowest BCUT2D eigenvalue weighted by molar-refractivity contribution is -0.117. The molecule has 1 heterocycles. The molecule has 0 aliphatic rings. The zero-order valence-electron chi connectivity index (χ0n) is 13.9. The molecule has 0 unspecified atom stereocenters. The van der Waals surface area contributed by atoms with E-state index in [4.69, 9.17) is 4.74 Å². The Kier molecular flexibility index (Phi) is 7.62. The molecule has 0 saturated heterocycles. The Hall–Kier alpha value is -2.19. The molecule has 1 aromatic heterocycles. The fourth-order valence-electron chi connectivity index (χ4n) is 2.19. The average molecular weight is 410 g/mol. The third-order valence-electron chi connectivity index (χ3n) is 3.35. The molecule has 25 heavy (non-hydrogen) atoms. The van der Waals surface area contributed by atoms with E-state index in [1.54, 1.807) is 18.2 Å². The van der Waals surface area contributed by atoms with Gasteiger partial charge in [-0.3, -0.25) is 9.59 Å². The first-order chi connectivity index (χ1) is 12.1. The third kappa shape index (κ3) is 5.99. The topological polar surface area (TPSA) is 84.7 Å². The van der Waals surface area contributed by atoms with E-state index in [0.29, 0.717) is 42.0 Å². The van der Waals surface area contributed by atoms with Crippen molar-refractivity contribution in [3.05, 3.63) is 46.6 Å². The van der Waals surface area contributed by atoms with Crippen molar-refractivity contribution in [1.29, 1.82) is 0 Å². The number of carbonyl (C=O) groups excluding carboxylic acids is 2. The Balaban J connectivity index is 2.04. The predicted molar refractivity (Wildman–Crippen MR) is 96.3 cm³/mol. The monoisotopic (exact) mass is 409 g/mol. The number of amides is 2. The van der Waals surface area contributed by atoms with E-state index in [-0.39, 0.29) is 18.4 Å². The van der Waals surface area contributed by atoms with Crippen LogP contribution in [0, 0.1) is 0 Å². The van der Waals surface area contributed by atoms with Gasteiger partial charge in [0, 0.05) is 30.3 Å². The fraction of sp³-hybridized carbons (Fsp3) is 0.353. The van der Waals surface area contributed by atoms with Crippen LogP contribution in [-0.2, 0) is 9.53 Å². The molecule has 134 valence electrons. The van der Waals surface area contributed by atoms with Gasteiger partial charge in [-0.2, -0.15) is 0 Å². The Labute approximate surface area is 154 Å². The number of hydrogen-bond acceptors (Lipinski definition) is 5. The van der Waals surface area contributed by atoms with Crippen LogP contribution in [0.25, 0.3) is 0 Å². The number of halogens is 1. The second-order valence-electron chi connectivity index (χ2n) is 5.19. The largest absolute Gasteiger partial charge is 0.382 e. The first-order valence-corrected chi connectivity index (χ1v) is 8.73. The average Bonchev–Trinajstić information content (AvgIpc) is 3.10. The number of hydrogen-bond donors (Lipinski definition) is 1. The van der Waals surface area contributed by atoms with Crippen LogP contribution < -0.4 is 5.32 Å². The van der Waals surface area contributed by atoms with E-state index < -0.39 is 0 Å². The minimum absolute atomic E-state index is 0.0842. The molecular formula is C17H20BrN3O4. The summed E-state index contributed by atoms with van der Waals surface area (Å²) in [6.45, 7) is 3.38. The van der Waals surface area contributed by atoms with Gasteiger partial charge in [0.05, 0.1) is 5.56 Å². The summed E-state index contributed by atoms with van der Waals surface area (Å²) in [5.74, 6) is -0.252. The van der Waals surface area contributed by atoms with E-state index in [1.807, 2.05) is 13.0 Å². The lowest BCUT2D eigenvalue weighted by Crippen LogP contribution is -2.39. The molecule has 0 fully saturated rings. The van der Waals surface area contributed by atoms with E-state index in [2.05, 4.69) is 30.9 Å². The maximum Gasteiger partial charge on any atom is 0.255 e. The summed E-state index contributed by atoms with van der Waals surface area (Å²) in [6, 6.07) is 8.66. The highest BCUT2D eigenvalue weighted by atomic mass is 79.9. The number of benzene rings is 1. The van der Waals surface area contributed by atoms with Crippen molar-refractivity contribution < 1.29 is 18.8 Å². The van der Waals surface area contributed by atoms with Crippen LogP contribution in [-0.4, -0.2) is 48.2 Å². The summed E-state index contributed by atoms with van der Waals surface area (Å²) in [6.07, 6.45) is 2.00. The fourth-order valence-corrected chi connectivity index (χ4v) is 2.65. The van der Waals surface area contributed by atoms with E-state index >= 15 is 0 Å². The Morgan fingerprint density at radius 3 is 2.80 bits per heavy atom. The van der Waals surface area contributed by atoms with Crippen LogP contribution in [0.4, 0.5) is 5.82 Å². The molecule has 0 aliphatic heterocycles. The molecule has 0 bridgehead atoms. The van der Waals surface area contributed by atoms with Crippen molar-refractivity contribution in [3.8, 4) is 0 Å². The highest BCUT2D eigenvalue weighted by Crippen LogP contribution is 2.18. The molecule has 8 heteroatoms. The number of aromatic nitrogens is 1. The highest BCUT2D eigenvalue weighted by Gasteiger charge is 2.20. The van der Waals surface area contributed by atoms with Crippen molar-refractivity contribution in [2.75, 3.05) is 31.6 Å². The van der Waals surface area contributed by atoms with Gasteiger partial charge in [0.25, 0.3) is 5.91 Å². The van der Waals surface area contributed by atoms with Crippen LogP contribution in [0.5, 0.6) is 0 Å². The molecule has 0 spiro atoms. The van der Waals surface area contributed by atoms with Crippen LogP contribution in [0.2, 0.25) is 0 Å². The van der Waals surface area contributed by atoms with E-state index in [1.165, 1.54) is 17.2 Å².